The monoisotopic (exact) mass is 491 g/mol. The molecule has 0 saturated carbocycles. The van der Waals surface area contributed by atoms with Gasteiger partial charge in [0, 0.05) is 22.6 Å². The average Bonchev–Trinajstić information content (AvgIpc) is 3.05. The second kappa shape index (κ2) is 9.87. The van der Waals surface area contributed by atoms with Crippen LogP contribution in [-0.2, 0) is 19.4 Å². The van der Waals surface area contributed by atoms with Gasteiger partial charge in [0.2, 0.25) is 0 Å². The van der Waals surface area contributed by atoms with Gasteiger partial charge in [-0.15, -0.1) is 11.3 Å². The molecule has 9 heteroatoms. The number of thiophene rings is 1. The molecule has 2 heterocycles. The van der Waals surface area contributed by atoms with Gasteiger partial charge in [0.1, 0.15) is 17.3 Å². The fourth-order valence-electron chi connectivity index (χ4n) is 4.40. The van der Waals surface area contributed by atoms with Crippen molar-refractivity contribution in [2.75, 3.05) is 6.61 Å². The normalized spacial score (nSPS) is 13.3. The maximum Gasteiger partial charge on any atom is 0.269 e. The molecule has 5 rings (SSSR count). The Balaban J connectivity index is 1.43. The molecule has 0 spiro atoms. The fourth-order valence-corrected chi connectivity index (χ4v) is 5.66. The first-order valence-corrected chi connectivity index (χ1v) is 12.5. The van der Waals surface area contributed by atoms with Crippen LogP contribution >= 0.6 is 11.3 Å². The third-order valence-corrected chi connectivity index (χ3v) is 7.32. The van der Waals surface area contributed by atoms with E-state index in [1.54, 1.807) is 29.5 Å². The minimum absolute atomic E-state index is 0.0358. The summed E-state index contributed by atoms with van der Waals surface area (Å²) in [5.74, 6) is 1.58. The van der Waals surface area contributed by atoms with Gasteiger partial charge >= 0.3 is 0 Å². The summed E-state index contributed by atoms with van der Waals surface area (Å²) < 4.78 is 11.7. The van der Waals surface area contributed by atoms with Gasteiger partial charge in [-0.2, -0.15) is 0 Å². The van der Waals surface area contributed by atoms with Crippen LogP contribution < -0.4 is 15.0 Å². The van der Waals surface area contributed by atoms with Gasteiger partial charge in [-0.05, 0) is 74.1 Å². The van der Waals surface area contributed by atoms with Gasteiger partial charge < -0.3 is 14.5 Å². The molecule has 0 atom stereocenters. The number of rotatable bonds is 7. The summed E-state index contributed by atoms with van der Waals surface area (Å²) in [6.07, 6.45) is 5.42. The van der Waals surface area contributed by atoms with Crippen molar-refractivity contribution in [1.29, 1.82) is 0 Å². The number of nitro groups is 1. The Kier molecular flexibility index (Phi) is 6.50. The van der Waals surface area contributed by atoms with E-state index in [-0.39, 0.29) is 17.9 Å². The summed E-state index contributed by atoms with van der Waals surface area (Å²) in [5, 5.41) is 11.6. The minimum Gasteiger partial charge on any atom is -0.490 e. The summed E-state index contributed by atoms with van der Waals surface area (Å²) >= 11 is 1.63. The second-order valence-electron chi connectivity index (χ2n) is 8.47. The molecule has 1 N–H and O–H groups in total. The van der Waals surface area contributed by atoms with Crippen molar-refractivity contribution in [1.82, 2.24) is 9.97 Å². The predicted molar refractivity (Wildman–Crippen MR) is 136 cm³/mol. The highest BCUT2D eigenvalue weighted by molar-refractivity contribution is 7.18. The molecule has 2 aromatic carbocycles. The van der Waals surface area contributed by atoms with Crippen LogP contribution in [0.25, 0.3) is 21.6 Å². The molecule has 35 heavy (non-hydrogen) atoms. The molecule has 0 amide bonds. The van der Waals surface area contributed by atoms with E-state index in [9.17, 15) is 14.9 Å². The number of hydrogen-bond donors (Lipinski definition) is 1. The Bertz CT molecular complexity index is 1440. The molecule has 0 bridgehead atoms. The van der Waals surface area contributed by atoms with Crippen LogP contribution in [0.5, 0.6) is 11.5 Å². The summed E-state index contributed by atoms with van der Waals surface area (Å²) in [6.45, 7) is 2.56. The van der Waals surface area contributed by atoms with Crippen LogP contribution in [0.15, 0.2) is 47.3 Å². The standard InChI is InChI=1S/C26H25N3O5S/c1-2-33-21-14-17(10-13-20(21)34-15-16-8-11-18(12-9-16)29(31)32)24-27-25(30)23-19-6-4-3-5-7-22(19)35-26(23)28-24/h8-14H,2-7,15H2,1H3,(H,27,28,30). The van der Waals surface area contributed by atoms with E-state index in [4.69, 9.17) is 14.5 Å². The Morgan fingerprint density at radius 2 is 1.86 bits per heavy atom. The fraction of sp³-hybridized carbons (Fsp3) is 0.308. The Morgan fingerprint density at radius 3 is 2.63 bits per heavy atom. The first kappa shape index (κ1) is 23.0. The number of fused-ring (bicyclic) bond motifs is 3. The summed E-state index contributed by atoms with van der Waals surface area (Å²) in [4.78, 5) is 33.3. The van der Waals surface area contributed by atoms with Crippen LogP contribution in [0.2, 0.25) is 0 Å². The van der Waals surface area contributed by atoms with Gasteiger partial charge in [-0.25, -0.2) is 4.98 Å². The van der Waals surface area contributed by atoms with Gasteiger partial charge in [0.05, 0.1) is 16.9 Å². The molecule has 0 aliphatic heterocycles. The van der Waals surface area contributed by atoms with E-state index >= 15 is 0 Å². The number of nitrogens with one attached hydrogen (secondary N) is 1. The largest absolute Gasteiger partial charge is 0.490 e. The molecule has 8 nitrogen and oxygen atoms in total. The minimum atomic E-state index is -0.431. The van der Waals surface area contributed by atoms with Crippen molar-refractivity contribution in [2.45, 2.75) is 45.6 Å². The third-order valence-electron chi connectivity index (χ3n) is 6.13. The van der Waals surface area contributed by atoms with E-state index < -0.39 is 4.92 Å². The number of aromatic amines is 1. The van der Waals surface area contributed by atoms with Crippen molar-refractivity contribution in [3.8, 4) is 22.9 Å². The van der Waals surface area contributed by atoms with E-state index in [1.165, 1.54) is 29.0 Å². The zero-order chi connectivity index (χ0) is 24.4. The van der Waals surface area contributed by atoms with Crippen molar-refractivity contribution < 1.29 is 14.4 Å². The van der Waals surface area contributed by atoms with Gasteiger partial charge in [0.25, 0.3) is 11.2 Å². The molecule has 0 radical (unpaired) electrons. The third kappa shape index (κ3) is 4.77. The van der Waals surface area contributed by atoms with Gasteiger partial charge in [0.15, 0.2) is 11.5 Å². The van der Waals surface area contributed by atoms with Crippen molar-refractivity contribution in [2.24, 2.45) is 0 Å². The van der Waals surface area contributed by atoms with Crippen molar-refractivity contribution in [3.05, 3.63) is 78.9 Å². The molecule has 1 aliphatic carbocycles. The van der Waals surface area contributed by atoms with Gasteiger partial charge in [-0.3, -0.25) is 14.9 Å². The number of ether oxygens (including phenoxy) is 2. The molecular weight excluding hydrogens is 466 g/mol. The SMILES string of the molecule is CCOc1cc(-c2nc3sc4c(c3c(=O)[nH]2)CCCCC4)ccc1OCc1ccc([N+](=O)[O-])cc1. The molecule has 1 aliphatic rings. The molecule has 0 saturated heterocycles. The summed E-state index contributed by atoms with van der Waals surface area (Å²) in [7, 11) is 0. The Morgan fingerprint density at radius 1 is 1.06 bits per heavy atom. The van der Waals surface area contributed by atoms with Crippen LogP contribution in [0, 0.1) is 10.1 Å². The number of non-ortho nitro benzene ring substituents is 1. The zero-order valence-corrected chi connectivity index (χ0v) is 20.2. The molecule has 0 fully saturated rings. The highest BCUT2D eigenvalue weighted by Gasteiger charge is 2.20. The lowest BCUT2D eigenvalue weighted by atomic mass is 10.1. The lowest BCUT2D eigenvalue weighted by molar-refractivity contribution is -0.384. The Labute approximate surface area is 205 Å². The maximum absolute atomic E-state index is 13.0. The summed E-state index contributed by atoms with van der Waals surface area (Å²) in [5.41, 5.74) is 2.65. The van der Waals surface area contributed by atoms with E-state index in [1.807, 2.05) is 19.1 Å². The van der Waals surface area contributed by atoms with E-state index in [0.717, 1.165) is 47.0 Å². The smallest absolute Gasteiger partial charge is 0.269 e. The van der Waals surface area contributed by atoms with Gasteiger partial charge in [-0.1, -0.05) is 6.42 Å². The quantitative estimate of drug-likeness (QED) is 0.199. The number of benzene rings is 2. The average molecular weight is 492 g/mol. The topological polar surface area (TPSA) is 107 Å². The van der Waals surface area contributed by atoms with Crippen LogP contribution in [0.4, 0.5) is 5.69 Å². The van der Waals surface area contributed by atoms with Crippen LogP contribution in [0.1, 0.15) is 42.2 Å². The maximum atomic E-state index is 13.0. The second-order valence-corrected chi connectivity index (χ2v) is 9.55. The first-order valence-electron chi connectivity index (χ1n) is 11.7. The van der Waals surface area contributed by atoms with Crippen LogP contribution in [-0.4, -0.2) is 21.5 Å². The summed E-state index contributed by atoms with van der Waals surface area (Å²) in [6, 6.07) is 11.7. The number of nitrogens with zero attached hydrogens (tertiary/aromatic N) is 2. The highest BCUT2D eigenvalue weighted by Crippen LogP contribution is 2.35. The molecule has 4 aromatic rings. The first-order chi connectivity index (χ1) is 17.0. The Hall–Kier alpha value is -3.72. The number of H-pyrrole nitrogens is 1. The molecule has 2 aromatic heterocycles. The van der Waals surface area contributed by atoms with Crippen LogP contribution in [0.3, 0.4) is 0 Å². The number of aryl methyl sites for hydroxylation is 2. The lowest BCUT2D eigenvalue weighted by Gasteiger charge is -2.13. The van der Waals surface area contributed by atoms with Crippen molar-refractivity contribution >= 4 is 27.2 Å². The van der Waals surface area contributed by atoms with E-state index in [2.05, 4.69) is 4.98 Å². The highest BCUT2D eigenvalue weighted by atomic mass is 32.1. The molecule has 180 valence electrons. The number of aromatic nitrogens is 2. The van der Waals surface area contributed by atoms with Crippen molar-refractivity contribution in [3.63, 3.8) is 0 Å². The number of hydrogen-bond acceptors (Lipinski definition) is 7. The molecule has 0 unspecified atom stereocenters. The lowest BCUT2D eigenvalue weighted by Crippen LogP contribution is -2.10. The predicted octanol–water partition coefficient (Wildman–Crippen LogP) is 5.81. The number of nitro benzene ring substituents is 1. The van der Waals surface area contributed by atoms with E-state index in [0.29, 0.717) is 23.9 Å². The molecular formula is C26H25N3O5S. The zero-order valence-electron chi connectivity index (χ0n) is 19.3.